The van der Waals surface area contributed by atoms with Gasteiger partial charge in [0.2, 0.25) is 0 Å². The highest BCUT2D eigenvalue weighted by Crippen LogP contribution is 2.18. The summed E-state index contributed by atoms with van der Waals surface area (Å²) in [4.78, 5) is 25.7. The first-order valence-corrected chi connectivity index (χ1v) is 8.09. The molecule has 1 aromatic heterocycles. The first kappa shape index (κ1) is 17.0. The smallest absolute Gasteiger partial charge is 0.331 e. The predicted molar refractivity (Wildman–Crippen MR) is 89.2 cm³/mol. The topological polar surface area (TPSA) is 59.8 Å². The summed E-state index contributed by atoms with van der Waals surface area (Å²) in [7, 11) is 0. The van der Waals surface area contributed by atoms with Crippen molar-refractivity contribution in [1.29, 1.82) is 0 Å². The number of esters is 1. The van der Waals surface area contributed by atoms with Crippen LogP contribution in [0, 0.1) is 5.82 Å². The number of hydrogen-bond acceptors (Lipinski definition) is 4. The zero-order chi connectivity index (χ0) is 17.6. The Kier molecular flexibility index (Phi) is 5.28. The lowest BCUT2D eigenvalue weighted by atomic mass is 10.1. The van der Waals surface area contributed by atoms with Crippen LogP contribution in [-0.4, -0.2) is 36.0 Å². The molecule has 0 N–H and O–H groups in total. The van der Waals surface area contributed by atoms with Crippen LogP contribution >= 0.6 is 0 Å². The Morgan fingerprint density at radius 1 is 1.16 bits per heavy atom. The summed E-state index contributed by atoms with van der Waals surface area (Å²) in [5.74, 6) is -0.734. The maximum atomic E-state index is 13.7. The average Bonchev–Trinajstić information content (AvgIpc) is 3.14. The number of hydrogen-bond donors (Lipinski definition) is 0. The van der Waals surface area contributed by atoms with Crippen molar-refractivity contribution in [1.82, 2.24) is 4.90 Å². The second-order valence-electron chi connectivity index (χ2n) is 5.76. The van der Waals surface area contributed by atoms with E-state index >= 15 is 0 Å². The Labute approximate surface area is 144 Å². The van der Waals surface area contributed by atoms with E-state index in [1.165, 1.54) is 24.5 Å². The van der Waals surface area contributed by atoms with E-state index in [2.05, 4.69) is 0 Å². The van der Waals surface area contributed by atoms with Gasteiger partial charge in [0.25, 0.3) is 5.91 Å². The van der Waals surface area contributed by atoms with Crippen LogP contribution < -0.4 is 0 Å². The highest BCUT2D eigenvalue weighted by Gasteiger charge is 2.26. The van der Waals surface area contributed by atoms with E-state index < -0.39 is 11.8 Å². The molecule has 2 heterocycles. The number of carbonyl (C=O) groups is 2. The molecule has 2 aromatic rings. The van der Waals surface area contributed by atoms with E-state index in [1.54, 1.807) is 35.2 Å². The molecule has 0 atom stereocenters. The van der Waals surface area contributed by atoms with Crippen molar-refractivity contribution in [3.05, 3.63) is 65.9 Å². The fourth-order valence-electron chi connectivity index (χ4n) is 2.72. The van der Waals surface area contributed by atoms with Crippen LogP contribution in [0.5, 0.6) is 0 Å². The second kappa shape index (κ2) is 7.79. The first-order valence-electron chi connectivity index (χ1n) is 8.09. The van der Waals surface area contributed by atoms with Gasteiger partial charge in [-0.3, -0.25) is 4.79 Å². The Morgan fingerprint density at radius 2 is 1.92 bits per heavy atom. The number of ether oxygens (including phenoxy) is 1. The van der Waals surface area contributed by atoms with Gasteiger partial charge in [-0.1, -0.05) is 12.1 Å². The van der Waals surface area contributed by atoms with Gasteiger partial charge >= 0.3 is 5.97 Å². The molecule has 0 saturated carbocycles. The quantitative estimate of drug-likeness (QED) is 0.631. The molecule has 3 rings (SSSR count). The minimum atomic E-state index is -0.524. The van der Waals surface area contributed by atoms with Gasteiger partial charge in [0.1, 0.15) is 17.7 Å². The summed E-state index contributed by atoms with van der Waals surface area (Å²) in [5.41, 5.74) is 0.0688. The molecule has 1 aliphatic heterocycles. The third-order valence-electron chi connectivity index (χ3n) is 4.04. The lowest BCUT2D eigenvalue weighted by molar-refractivity contribution is -0.144. The Balaban J connectivity index is 1.49. The van der Waals surface area contributed by atoms with Gasteiger partial charge in [-0.05, 0) is 30.3 Å². The lowest BCUT2D eigenvalue weighted by Gasteiger charge is -2.31. The molecule has 6 heteroatoms. The van der Waals surface area contributed by atoms with Crippen molar-refractivity contribution >= 4 is 18.0 Å². The summed E-state index contributed by atoms with van der Waals surface area (Å²) in [6, 6.07) is 9.39. The van der Waals surface area contributed by atoms with Crippen LogP contribution in [0.3, 0.4) is 0 Å². The fourth-order valence-corrected chi connectivity index (χ4v) is 2.72. The van der Waals surface area contributed by atoms with E-state index in [-0.39, 0.29) is 17.6 Å². The Morgan fingerprint density at radius 3 is 2.60 bits per heavy atom. The maximum Gasteiger partial charge on any atom is 0.331 e. The van der Waals surface area contributed by atoms with Crippen molar-refractivity contribution in [3.63, 3.8) is 0 Å². The highest BCUT2D eigenvalue weighted by molar-refractivity contribution is 5.94. The molecule has 130 valence electrons. The van der Waals surface area contributed by atoms with Gasteiger partial charge in [-0.2, -0.15) is 0 Å². The van der Waals surface area contributed by atoms with E-state index in [0.29, 0.717) is 31.7 Å². The number of furan rings is 1. The zero-order valence-electron chi connectivity index (χ0n) is 13.6. The van der Waals surface area contributed by atoms with E-state index in [0.717, 1.165) is 0 Å². The normalized spacial score (nSPS) is 15.5. The van der Waals surface area contributed by atoms with Gasteiger partial charge < -0.3 is 14.1 Å². The van der Waals surface area contributed by atoms with Crippen LogP contribution in [0.25, 0.3) is 6.08 Å². The zero-order valence-corrected chi connectivity index (χ0v) is 13.6. The van der Waals surface area contributed by atoms with E-state index in [1.807, 2.05) is 0 Å². The molecule has 0 bridgehead atoms. The van der Waals surface area contributed by atoms with Crippen LogP contribution in [-0.2, 0) is 9.53 Å². The second-order valence-corrected chi connectivity index (χ2v) is 5.76. The van der Waals surface area contributed by atoms with Gasteiger partial charge in [-0.15, -0.1) is 0 Å². The number of halogens is 1. The Bertz CT molecular complexity index is 761. The number of rotatable bonds is 4. The summed E-state index contributed by atoms with van der Waals surface area (Å²) < 4.78 is 24.2. The SMILES string of the molecule is O=C(/C=C\c1ccco1)OC1CCN(C(=O)c2ccccc2F)CC1. The molecular weight excluding hydrogens is 325 g/mol. The van der Waals surface area contributed by atoms with Crippen molar-refractivity contribution < 1.29 is 23.1 Å². The van der Waals surface area contributed by atoms with Crippen molar-refractivity contribution in [3.8, 4) is 0 Å². The fraction of sp³-hybridized carbons (Fsp3) is 0.263. The van der Waals surface area contributed by atoms with Crippen LogP contribution in [0.15, 0.2) is 53.2 Å². The minimum Gasteiger partial charge on any atom is -0.465 e. The molecule has 0 aliphatic carbocycles. The largest absolute Gasteiger partial charge is 0.465 e. The molecule has 0 spiro atoms. The van der Waals surface area contributed by atoms with Crippen molar-refractivity contribution in [2.24, 2.45) is 0 Å². The molecular formula is C19H18FNO4. The maximum absolute atomic E-state index is 13.7. The van der Waals surface area contributed by atoms with Gasteiger partial charge in [0, 0.05) is 32.0 Å². The van der Waals surface area contributed by atoms with Gasteiger partial charge in [0.15, 0.2) is 0 Å². The predicted octanol–water partition coefficient (Wildman–Crippen LogP) is 3.28. The average molecular weight is 343 g/mol. The van der Waals surface area contributed by atoms with Gasteiger partial charge in [0.05, 0.1) is 11.8 Å². The third kappa shape index (κ3) is 4.35. The molecule has 25 heavy (non-hydrogen) atoms. The number of nitrogens with zero attached hydrogens (tertiary/aromatic N) is 1. The van der Waals surface area contributed by atoms with Crippen LogP contribution in [0.2, 0.25) is 0 Å². The summed E-state index contributed by atoms with van der Waals surface area (Å²) in [5, 5.41) is 0. The van der Waals surface area contributed by atoms with E-state index in [4.69, 9.17) is 9.15 Å². The lowest BCUT2D eigenvalue weighted by Crippen LogP contribution is -2.41. The molecule has 1 saturated heterocycles. The number of piperidine rings is 1. The molecule has 5 nitrogen and oxygen atoms in total. The van der Waals surface area contributed by atoms with Crippen LogP contribution in [0.4, 0.5) is 4.39 Å². The monoisotopic (exact) mass is 343 g/mol. The summed E-state index contributed by atoms with van der Waals surface area (Å²) in [6.07, 6.45) is 5.18. The van der Waals surface area contributed by atoms with Crippen molar-refractivity contribution in [2.75, 3.05) is 13.1 Å². The highest BCUT2D eigenvalue weighted by atomic mass is 19.1. The standard InChI is InChI=1S/C19H18FNO4/c20-17-6-2-1-5-16(17)19(23)21-11-9-15(10-12-21)25-18(22)8-7-14-4-3-13-24-14/h1-8,13,15H,9-12H2/b8-7-. The molecule has 1 fully saturated rings. The molecule has 1 aliphatic rings. The number of carbonyl (C=O) groups excluding carboxylic acids is 2. The number of benzene rings is 1. The molecule has 1 aromatic carbocycles. The third-order valence-corrected chi connectivity index (χ3v) is 4.04. The number of likely N-dealkylation sites (tertiary alicyclic amines) is 1. The first-order chi connectivity index (χ1) is 12.1. The molecule has 1 amide bonds. The van der Waals surface area contributed by atoms with E-state index in [9.17, 15) is 14.0 Å². The Hall–Kier alpha value is -2.89. The summed E-state index contributed by atoms with van der Waals surface area (Å²) in [6.45, 7) is 0.847. The summed E-state index contributed by atoms with van der Waals surface area (Å²) >= 11 is 0. The van der Waals surface area contributed by atoms with Crippen LogP contribution in [0.1, 0.15) is 29.0 Å². The molecule has 0 unspecified atom stereocenters. The van der Waals surface area contributed by atoms with Gasteiger partial charge in [-0.25, -0.2) is 9.18 Å². The molecule has 0 radical (unpaired) electrons. The number of amides is 1. The van der Waals surface area contributed by atoms with Crippen molar-refractivity contribution in [2.45, 2.75) is 18.9 Å². The minimum absolute atomic E-state index is 0.0688.